The number of carbonyl (C=O) groups is 1. The summed E-state index contributed by atoms with van der Waals surface area (Å²) >= 11 is 12.4. The molecule has 1 aromatic heterocycles. The lowest BCUT2D eigenvalue weighted by molar-refractivity contribution is -0.121. The number of rotatable bonds is 11. The highest BCUT2D eigenvalue weighted by Gasteiger charge is 2.19. The normalized spacial score (nSPS) is 12.7. The standard InChI is InChI=1S/C26H29Cl2N5O/c1-3-18(2)24(15-30-13-21-5-4-6-23(27)26(21)28)32-25(34)11-22-14-31-17-33(22)16-20-9-7-19(12-29)8-10-20/h4-10,14,17-18,24,30H,3,11,13,15-16H2,1-2H3,(H,32,34)/t18-,24+/m0/s1. The maximum absolute atomic E-state index is 12.9. The fourth-order valence-electron chi connectivity index (χ4n) is 3.67. The topological polar surface area (TPSA) is 82.7 Å². The van der Waals surface area contributed by atoms with Gasteiger partial charge >= 0.3 is 0 Å². The smallest absolute Gasteiger partial charge is 0.226 e. The molecule has 0 spiro atoms. The highest BCUT2D eigenvalue weighted by molar-refractivity contribution is 6.42. The van der Waals surface area contributed by atoms with E-state index in [-0.39, 0.29) is 18.4 Å². The average molecular weight is 498 g/mol. The van der Waals surface area contributed by atoms with Crippen molar-refractivity contribution in [3.8, 4) is 6.07 Å². The summed E-state index contributed by atoms with van der Waals surface area (Å²) in [7, 11) is 0. The summed E-state index contributed by atoms with van der Waals surface area (Å²) in [5, 5.41) is 16.6. The van der Waals surface area contributed by atoms with E-state index < -0.39 is 0 Å². The van der Waals surface area contributed by atoms with Crippen LogP contribution < -0.4 is 10.6 Å². The molecule has 1 heterocycles. The lowest BCUT2D eigenvalue weighted by Gasteiger charge is -2.25. The van der Waals surface area contributed by atoms with Crippen molar-refractivity contribution in [3.63, 3.8) is 0 Å². The number of amides is 1. The van der Waals surface area contributed by atoms with Gasteiger partial charge in [0.15, 0.2) is 0 Å². The fraction of sp³-hybridized carbons (Fsp3) is 0.346. The second-order valence-electron chi connectivity index (χ2n) is 8.40. The van der Waals surface area contributed by atoms with Crippen molar-refractivity contribution in [1.82, 2.24) is 20.2 Å². The van der Waals surface area contributed by atoms with Gasteiger partial charge in [0.1, 0.15) is 0 Å². The quantitative estimate of drug-likeness (QED) is 0.391. The van der Waals surface area contributed by atoms with Crippen LogP contribution in [-0.4, -0.2) is 28.0 Å². The van der Waals surface area contributed by atoms with Crippen LogP contribution in [0.15, 0.2) is 55.0 Å². The van der Waals surface area contributed by atoms with E-state index in [2.05, 4.69) is 35.5 Å². The van der Waals surface area contributed by atoms with Crippen molar-refractivity contribution in [2.75, 3.05) is 6.54 Å². The molecular weight excluding hydrogens is 469 g/mol. The number of aromatic nitrogens is 2. The van der Waals surface area contributed by atoms with E-state index in [1.807, 2.05) is 28.8 Å². The Morgan fingerprint density at radius 3 is 2.68 bits per heavy atom. The number of carbonyl (C=O) groups excluding carboxylic acids is 1. The Labute approximate surface area is 210 Å². The van der Waals surface area contributed by atoms with Gasteiger partial charge in [-0.1, -0.05) is 67.7 Å². The molecule has 3 aromatic rings. The lowest BCUT2D eigenvalue weighted by atomic mass is 9.98. The number of nitriles is 1. The summed E-state index contributed by atoms with van der Waals surface area (Å²) in [6.07, 6.45) is 4.63. The van der Waals surface area contributed by atoms with E-state index in [1.54, 1.807) is 30.7 Å². The number of nitrogens with zero attached hydrogens (tertiary/aromatic N) is 3. The van der Waals surface area contributed by atoms with Gasteiger partial charge in [0.05, 0.1) is 34.4 Å². The molecule has 2 N–H and O–H groups in total. The van der Waals surface area contributed by atoms with Crippen LogP contribution >= 0.6 is 23.2 Å². The summed E-state index contributed by atoms with van der Waals surface area (Å²) in [5.41, 5.74) is 3.43. The number of hydrogen-bond donors (Lipinski definition) is 2. The molecule has 3 rings (SSSR count). The molecule has 2 atom stereocenters. The first kappa shape index (κ1) is 25.8. The summed E-state index contributed by atoms with van der Waals surface area (Å²) in [4.78, 5) is 17.1. The Morgan fingerprint density at radius 1 is 1.21 bits per heavy atom. The van der Waals surface area contributed by atoms with E-state index in [1.165, 1.54) is 0 Å². The molecule has 34 heavy (non-hydrogen) atoms. The highest BCUT2D eigenvalue weighted by atomic mass is 35.5. The zero-order valence-corrected chi connectivity index (χ0v) is 20.9. The third-order valence-corrected chi connectivity index (χ3v) is 6.82. The van der Waals surface area contributed by atoms with Crippen LogP contribution in [-0.2, 0) is 24.3 Å². The second kappa shape index (κ2) is 12.6. The van der Waals surface area contributed by atoms with Gasteiger partial charge in [-0.25, -0.2) is 4.98 Å². The molecule has 0 unspecified atom stereocenters. The van der Waals surface area contributed by atoms with E-state index >= 15 is 0 Å². The summed E-state index contributed by atoms with van der Waals surface area (Å²) in [6, 6.07) is 15.1. The third kappa shape index (κ3) is 7.07. The zero-order chi connectivity index (χ0) is 24.5. The average Bonchev–Trinajstić information content (AvgIpc) is 3.27. The van der Waals surface area contributed by atoms with Gasteiger partial charge in [-0.2, -0.15) is 5.26 Å². The minimum Gasteiger partial charge on any atom is -0.351 e. The summed E-state index contributed by atoms with van der Waals surface area (Å²) in [6.45, 7) is 6.02. The summed E-state index contributed by atoms with van der Waals surface area (Å²) in [5.74, 6) is 0.254. The second-order valence-corrected chi connectivity index (χ2v) is 9.19. The fourth-order valence-corrected chi connectivity index (χ4v) is 4.05. The molecule has 0 bridgehead atoms. The van der Waals surface area contributed by atoms with Crippen molar-refractivity contribution in [2.45, 2.75) is 45.8 Å². The molecule has 0 aliphatic rings. The van der Waals surface area contributed by atoms with Gasteiger partial charge in [0.2, 0.25) is 5.91 Å². The van der Waals surface area contributed by atoms with Gasteiger partial charge in [-0.05, 0) is 35.2 Å². The van der Waals surface area contributed by atoms with Gasteiger partial charge in [-0.15, -0.1) is 0 Å². The molecule has 0 saturated heterocycles. The molecule has 0 radical (unpaired) electrons. The first-order valence-corrected chi connectivity index (χ1v) is 12.1. The summed E-state index contributed by atoms with van der Waals surface area (Å²) < 4.78 is 1.96. The Balaban J connectivity index is 1.58. The van der Waals surface area contributed by atoms with E-state index in [0.29, 0.717) is 41.2 Å². The predicted molar refractivity (Wildman–Crippen MR) is 136 cm³/mol. The van der Waals surface area contributed by atoms with E-state index in [9.17, 15) is 4.79 Å². The maximum atomic E-state index is 12.9. The minimum absolute atomic E-state index is 0.0228. The minimum atomic E-state index is -0.0468. The Kier molecular flexibility index (Phi) is 9.52. The number of nitrogens with one attached hydrogen (secondary N) is 2. The van der Waals surface area contributed by atoms with Crippen LogP contribution in [0.4, 0.5) is 0 Å². The van der Waals surface area contributed by atoms with Crippen LogP contribution in [0.2, 0.25) is 10.0 Å². The van der Waals surface area contributed by atoms with Crippen molar-refractivity contribution < 1.29 is 4.79 Å². The van der Waals surface area contributed by atoms with Crippen molar-refractivity contribution >= 4 is 29.1 Å². The van der Waals surface area contributed by atoms with Crippen molar-refractivity contribution in [3.05, 3.63) is 87.4 Å². The van der Waals surface area contributed by atoms with Crippen LogP contribution in [0.3, 0.4) is 0 Å². The molecule has 0 fully saturated rings. The molecule has 2 aromatic carbocycles. The first-order chi connectivity index (χ1) is 16.4. The van der Waals surface area contributed by atoms with Crippen molar-refractivity contribution in [2.24, 2.45) is 5.92 Å². The largest absolute Gasteiger partial charge is 0.351 e. The SMILES string of the molecule is CC[C@H](C)[C@@H](CNCc1cccc(Cl)c1Cl)NC(=O)Cc1cncn1Cc1ccc(C#N)cc1. The first-order valence-electron chi connectivity index (χ1n) is 11.3. The van der Waals surface area contributed by atoms with Crippen LogP contribution in [0.25, 0.3) is 0 Å². The molecule has 0 aliphatic heterocycles. The van der Waals surface area contributed by atoms with Gasteiger partial charge in [0.25, 0.3) is 0 Å². The van der Waals surface area contributed by atoms with Gasteiger partial charge in [0, 0.05) is 37.6 Å². The number of halogens is 2. The molecule has 178 valence electrons. The predicted octanol–water partition coefficient (Wildman–Crippen LogP) is 4.97. The van der Waals surface area contributed by atoms with Crippen LogP contribution in [0, 0.1) is 17.2 Å². The monoisotopic (exact) mass is 497 g/mol. The molecule has 0 saturated carbocycles. The van der Waals surface area contributed by atoms with Crippen molar-refractivity contribution in [1.29, 1.82) is 5.26 Å². The lowest BCUT2D eigenvalue weighted by Crippen LogP contribution is -2.46. The third-order valence-electron chi connectivity index (χ3n) is 5.96. The Hall–Kier alpha value is -2.85. The van der Waals surface area contributed by atoms with Gasteiger partial charge < -0.3 is 15.2 Å². The molecule has 6 nitrogen and oxygen atoms in total. The van der Waals surface area contributed by atoms with E-state index in [0.717, 1.165) is 23.2 Å². The Morgan fingerprint density at radius 2 is 1.97 bits per heavy atom. The van der Waals surface area contributed by atoms with Gasteiger partial charge in [-0.3, -0.25) is 4.79 Å². The number of hydrogen-bond acceptors (Lipinski definition) is 4. The highest BCUT2D eigenvalue weighted by Crippen LogP contribution is 2.25. The maximum Gasteiger partial charge on any atom is 0.226 e. The molecular formula is C26H29Cl2N5O. The van der Waals surface area contributed by atoms with E-state index in [4.69, 9.17) is 28.5 Å². The molecule has 0 aliphatic carbocycles. The van der Waals surface area contributed by atoms with Crippen LogP contribution in [0.5, 0.6) is 0 Å². The molecule has 1 amide bonds. The number of imidazole rings is 1. The molecule has 8 heteroatoms. The number of benzene rings is 2. The zero-order valence-electron chi connectivity index (χ0n) is 19.4. The van der Waals surface area contributed by atoms with Crippen LogP contribution in [0.1, 0.15) is 42.7 Å². The Bertz CT molecular complexity index is 1140.